The van der Waals surface area contributed by atoms with E-state index in [0.29, 0.717) is 0 Å². The number of rotatable bonds is 5. The van der Waals surface area contributed by atoms with E-state index < -0.39 is 16.8 Å². The monoisotopic (exact) mass is 258 g/mol. The zero-order valence-electron chi connectivity index (χ0n) is 9.60. The molecule has 0 aliphatic heterocycles. The Morgan fingerprint density at radius 1 is 1.29 bits per heavy atom. The second-order valence-corrected chi connectivity index (χ2v) is 6.08. The minimum absolute atomic E-state index is 0.0109. The Hall–Kier alpha value is -0.940. The largest absolute Gasteiger partial charge is 0.296 e. The molecule has 0 spiro atoms. The van der Waals surface area contributed by atoms with Crippen LogP contribution in [0, 0.1) is 18.8 Å². The summed E-state index contributed by atoms with van der Waals surface area (Å²) in [6.07, 6.45) is 0.722. The summed E-state index contributed by atoms with van der Waals surface area (Å²) >= 11 is 0. The van der Waals surface area contributed by atoms with E-state index in [2.05, 4.69) is 0 Å². The van der Waals surface area contributed by atoms with Crippen LogP contribution in [-0.4, -0.2) is 21.7 Å². The molecule has 2 rings (SSSR count). The van der Waals surface area contributed by atoms with Crippen molar-refractivity contribution in [2.45, 2.75) is 18.2 Å². The smallest absolute Gasteiger partial charge is 0.266 e. The van der Waals surface area contributed by atoms with Gasteiger partial charge in [-0.05, 0) is 37.3 Å². The molecule has 0 unspecified atom stereocenters. The first kappa shape index (κ1) is 12.5. The molecule has 3 nitrogen and oxygen atoms in total. The molecule has 1 saturated carbocycles. The summed E-state index contributed by atoms with van der Waals surface area (Å²) in [5.74, 6) is 0.0449. The molecule has 0 heterocycles. The summed E-state index contributed by atoms with van der Waals surface area (Å²) in [6, 6.07) is 6.48. The van der Waals surface area contributed by atoms with Crippen LogP contribution in [0.5, 0.6) is 0 Å². The van der Waals surface area contributed by atoms with Crippen LogP contribution >= 0.6 is 0 Å². The van der Waals surface area contributed by atoms with Crippen molar-refractivity contribution >= 4 is 10.1 Å². The normalized spacial score (nSPS) is 23.6. The SMILES string of the molecule is Cc1ccc(S(=O)(=O)OC[C@@H]2C[C@H]2CF)cc1. The quantitative estimate of drug-likeness (QED) is 0.761. The van der Waals surface area contributed by atoms with Gasteiger partial charge in [0.2, 0.25) is 0 Å². The lowest BCUT2D eigenvalue weighted by atomic mass is 10.2. The predicted molar refractivity (Wildman–Crippen MR) is 61.9 cm³/mol. The molecule has 0 radical (unpaired) electrons. The second-order valence-electron chi connectivity index (χ2n) is 4.46. The van der Waals surface area contributed by atoms with Crippen molar-refractivity contribution in [2.24, 2.45) is 11.8 Å². The fraction of sp³-hybridized carbons (Fsp3) is 0.500. The molecule has 94 valence electrons. The van der Waals surface area contributed by atoms with Crippen molar-refractivity contribution in [3.63, 3.8) is 0 Å². The van der Waals surface area contributed by atoms with Crippen LogP contribution in [-0.2, 0) is 14.3 Å². The minimum atomic E-state index is -3.69. The lowest BCUT2D eigenvalue weighted by Crippen LogP contribution is -2.09. The van der Waals surface area contributed by atoms with Gasteiger partial charge in [-0.3, -0.25) is 8.57 Å². The summed E-state index contributed by atoms with van der Waals surface area (Å²) < 4.78 is 40.6. The van der Waals surface area contributed by atoms with E-state index in [9.17, 15) is 12.8 Å². The Kier molecular flexibility index (Phi) is 3.49. The van der Waals surface area contributed by atoms with Crippen molar-refractivity contribution in [2.75, 3.05) is 13.3 Å². The molecule has 0 aromatic heterocycles. The van der Waals surface area contributed by atoms with Gasteiger partial charge < -0.3 is 0 Å². The Morgan fingerprint density at radius 2 is 1.94 bits per heavy atom. The number of halogens is 1. The van der Waals surface area contributed by atoms with Crippen LogP contribution < -0.4 is 0 Å². The molecule has 1 aliphatic carbocycles. The van der Waals surface area contributed by atoms with Crippen molar-refractivity contribution in [1.29, 1.82) is 0 Å². The van der Waals surface area contributed by atoms with E-state index in [-0.39, 0.29) is 23.3 Å². The summed E-state index contributed by atoms with van der Waals surface area (Å²) in [5.41, 5.74) is 0.989. The fourth-order valence-corrected chi connectivity index (χ4v) is 2.61. The lowest BCUT2D eigenvalue weighted by Gasteiger charge is -2.05. The molecule has 1 aliphatic rings. The Morgan fingerprint density at radius 3 is 2.47 bits per heavy atom. The van der Waals surface area contributed by atoms with E-state index in [0.717, 1.165) is 12.0 Å². The molecule has 0 bridgehead atoms. The summed E-state index contributed by atoms with van der Waals surface area (Å²) in [7, 11) is -3.69. The first-order valence-corrected chi connectivity index (χ1v) is 6.96. The van der Waals surface area contributed by atoms with Crippen LogP contribution in [0.1, 0.15) is 12.0 Å². The number of hydrogen-bond acceptors (Lipinski definition) is 3. The van der Waals surface area contributed by atoms with Gasteiger partial charge in [0.05, 0.1) is 18.2 Å². The van der Waals surface area contributed by atoms with Crippen molar-refractivity contribution in [3.05, 3.63) is 29.8 Å². The zero-order chi connectivity index (χ0) is 12.5. The first-order valence-electron chi connectivity index (χ1n) is 5.55. The van der Waals surface area contributed by atoms with E-state index in [1.807, 2.05) is 6.92 Å². The summed E-state index contributed by atoms with van der Waals surface area (Å²) in [6.45, 7) is 1.58. The number of hydrogen-bond donors (Lipinski definition) is 0. The molecule has 5 heteroatoms. The Labute approximate surface area is 101 Å². The molecule has 1 fully saturated rings. The molecular weight excluding hydrogens is 243 g/mol. The zero-order valence-corrected chi connectivity index (χ0v) is 10.4. The van der Waals surface area contributed by atoms with Gasteiger partial charge in [-0.25, -0.2) is 0 Å². The van der Waals surface area contributed by atoms with Gasteiger partial charge in [0, 0.05) is 0 Å². The van der Waals surface area contributed by atoms with Gasteiger partial charge >= 0.3 is 0 Å². The van der Waals surface area contributed by atoms with Gasteiger partial charge in [0.25, 0.3) is 10.1 Å². The maximum Gasteiger partial charge on any atom is 0.296 e. The molecule has 1 aromatic carbocycles. The third kappa shape index (κ3) is 3.04. The third-order valence-corrected chi connectivity index (χ3v) is 4.31. The van der Waals surface area contributed by atoms with E-state index in [4.69, 9.17) is 4.18 Å². The molecule has 0 N–H and O–H groups in total. The predicted octanol–water partition coefficient (Wildman–Crippen LogP) is 2.31. The number of alkyl halides is 1. The van der Waals surface area contributed by atoms with Gasteiger partial charge in [-0.2, -0.15) is 8.42 Å². The second kappa shape index (κ2) is 4.74. The van der Waals surface area contributed by atoms with Crippen LogP contribution in [0.3, 0.4) is 0 Å². The van der Waals surface area contributed by atoms with Gasteiger partial charge in [-0.1, -0.05) is 17.7 Å². The molecule has 0 amide bonds. The molecule has 1 aromatic rings. The van der Waals surface area contributed by atoms with Gasteiger partial charge in [0.1, 0.15) is 0 Å². The highest BCUT2D eigenvalue weighted by molar-refractivity contribution is 7.86. The Bertz CT molecular complexity index is 481. The maximum atomic E-state index is 12.2. The average Bonchev–Trinajstić information content (AvgIpc) is 3.06. The van der Waals surface area contributed by atoms with Crippen LogP contribution in [0.2, 0.25) is 0 Å². The number of benzene rings is 1. The molecule has 17 heavy (non-hydrogen) atoms. The average molecular weight is 258 g/mol. The van der Waals surface area contributed by atoms with Crippen molar-refractivity contribution in [3.8, 4) is 0 Å². The molecule has 0 saturated heterocycles. The lowest BCUT2D eigenvalue weighted by molar-refractivity contribution is 0.287. The van der Waals surface area contributed by atoms with E-state index >= 15 is 0 Å². The summed E-state index contributed by atoms with van der Waals surface area (Å²) in [5, 5.41) is 0. The van der Waals surface area contributed by atoms with E-state index in [1.165, 1.54) is 12.1 Å². The van der Waals surface area contributed by atoms with Crippen LogP contribution in [0.15, 0.2) is 29.2 Å². The highest BCUT2D eigenvalue weighted by Gasteiger charge is 2.38. The van der Waals surface area contributed by atoms with Crippen LogP contribution in [0.4, 0.5) is 4.39 Å². The maximum absolute atomic E-state index is 12.2. The molecule has 2 atom stereocenters. The van der Waals surface area contributed by atoms with Crippen molar-refractivity contribution in [1.82, 2.24) is 0 Å². The third-order valence-electron chi connectivity index (χ3n) is 3.01. The standard InChI is InChI=1S/C12H15FO3S/c1-9-2-4-12(5-3-9)17(14,15)16-8-11-6-10(11)7-13/h2-5,10-11H,6-8H2,1H3/t10-,11-/m0/s1. The highest BCUT2D eigenvalue weighted by Crippen LogP contribution is 2.39. The minimum Gasteiger partial charge on any atom is -0.266 e. The van der Waals surface area contributed by atoms with Crippen molar-refractivity contribution < 1.29 is 17.0 Å². The van der Waals surface area contributed by atoms with Crippen LogP contribution in [0.25, 0.3) is 0 Å². The summed E-state index contributed by atoms with van der Waals surface area (Å²) in [4.78, 5) is 0.153. The highest BCUT2D eigenvalue weighted by atomic mass is 32.2. The molecular formula is C12H15FO3S. The Balaban J connectivity index is 1.97. The van der Waals surface area contributed by atoms with E-state index in [1.54, 1.807) is 12.1 Å². The number of aryl methyl sites for hydroxylation is 1. The van der Waals surface area contributed by atoms with Gasteiger partial charge in [0.15, 0.2) is 0 Å². The fourth-order valence-electron chi connectivity index (χ4n) is 1.65. The van der Waals surface area contributed by atoms with Gasteiger partial charge in [-0.15, -0.1) is 0 Å². The first-order chi connectivity index (χ1) is 8.03. The topological polar surface area (TPSA) is 43.4 Å².